The van der Waals surface area contributed by atoms with Crippen molar-refractivity contribution in [3.05, 3.63) is 23.8 Å². The monoisotopic (exact) mass is 191 g/mol. The maximum Gasteiger partial charge on any atom is 0.0661 e. The third-order valence-electron chi connectivity index (χ3n) is 3.45. The lowest BCUT2D eigenvalue weighted by Crippen LogP contribution is -2.43. The summed E-state index contributed by atoms with van der Waals surface area (Å²) >= 11 is 0. The van der Waals surface area contributed by atoms with Crippen molar-refractivity contribution in [1.29, 1.82) is 0 Å². The van der Waals surface area contributed by atoms with Gasteiger partial charge in [0.1, 0.15) is 0 Å². The van der Waals surface area contributed by atoms with Gasteiger partial charge < -0.3 is 5.73 Å². The van der Waals surface area contributed by atoms with Crippen molar-refractivity contribution in [1.82, 2.24) is 9.97 Å². The Hall–Kier alpha value is -0.960. The Kier molecular flexibility index (Phi) is 1.89. The van der Waals surface area contributed by atoms with E-state index in [2.05, 4.69) is 23.8 Å². The van der Waals surface area contributed by atoms with Crippen molar-refractivity contribution < 1.29 is 0 Å². The number of hydrogen-bond acceptors (Lipinski definition) is 3. The van der Waals surface area contributed by atoms with Gasteiger partial charge in [-0.05, 0) is 19.8 Å². The van der Waals surface area contributed by atoms with Gasteiger partial charge in [-0.25, -0.2) is 0 Å². The Labute approximate surface area is 84.8 Å². The lowest BCUT2D eigenvalue weighted by molar-refractivity contribution is 0.379. The summed E-state index contributed by atoms with van der Waals surface area (Å²) < 4.78 is 0. The molecule has 1 fully saturated rings. The van der Waals surface area contributed by atoms with Crippen LogP contribution in [0.15, 0.2) is 12.4 Å². The van der Waals surface area contributed by atoms with Crippen LogP contribution in [0.1, 0.15) is 38.1 Å². The zero-order valence-electron chi connectivity index (χ0n) is 9.04. The van der Waals surface area contributed by atoms with Gasteiger partial charge >= 0.3 is 0 Å². The van der Waals surface area contributed by atoms with E-state index < -0.39 is 0 Å². The first-order chi connectivity index (χ1) is 6.46. The molecule has 1 aromatic heterocycles. The molecular weight excluding hydrogens is 174 g/mol. The first kappa shape index (κ1) is 9.59. The zero-order valence-corrected chi connectivity index (χ0v) is 9.04. The second-order valence-corrected chi connectivity index (χ2v) is 4.82. The number of nitrogens with two attached hydrogens (primary N) is 1. The highest BCUT2D eigenvalue weighted by Crippen LogP contribution is 2.48. The van der Waals surface area contributed by atoms with Gasteiger partial charge in [0.05, 0.1) is 11.4 Å². The van der Waals surface area contributed by atoms with E-state index in [-0.39, 0.29) is 11.0 Å². The molecule has 1 saturated carbocycles. The number of rotatable bonds is 2. The Morgan fingerprint density at radius 1 is 1.29 bits per heavy atom. The molecule has 0 atom stereocenters. The predicted octanol–water partition coefficient (Wildman–Crippen LogP) is 1.55. The molecular formula is C11H17N3. The van der Waals surface area contributed by atoms with Crippen LogP contribution in [0.4, 0.5) is 0 Å². The van der Waals surface area contributed by atoms with Crippen LogP contribution in [0.3, 0.4) is 0 Å². The SMILES string of the molecule is Cc1cnc(C(C)(C)C2(N)CC2)cn1. The molecule has 0 unspecified atom stereocenters. The summed E-state index contributed by atoms with van der Waals surface area (Å²) in [7, 11) is 0. The summed E-state index contributed by atoms with van der Waals surface area (Å²) in [5, 5.41) is 0. The molecule has 0 aromatic carbocycles. The van der Waals surface area contributed by atoms with Crippen LogP contribution in [-0.4, -0.2) is 15.5 Å². The molecule has 2 rings (SSSR count). The summed E-state index contributed by atoms with van der Waals surface area (Å²) in [6.45, 7) is 6.25. The van der Waals surface area contributed by atoms with Crippen molar-refractivity contribution in [3.63, 3.8) is 0 Å². The Bertz CT molecular complexity index is 336. The molecule has 3 heteroatoms. The average molecular weight is 191 g/mol. The molecule has 14 heavy (non-hydrogen) atoms. The van der Waals surface area contributed by atoms with E-state index in [9.17, 15) is 0 Å². The fourth-order valence-corrected chi connectivity index (χ4v) is 1.73. The minimum Gasteiger partial charge on any atom is -0.324 e. The molecule has 0 bridgehead atoms. The highest BCUT2D eigenvalue weighted by atomic mass is 14.9. The molecule has 2 N–H and O–H groups in total. The average Bonchev–Trinajstić information content (AvgIpc) is 2.86. The maximum absolute atomic E-state index is 6.23. The summed E-state index contributed by atoms with van der Waals surface area (Å²) in [4.78, 5) is 8.68. The maximum atomic E-state index is 6.23. The van der Waals surface area contributed by atoms with Crippen LogP contribution in [0.25, 0.3) is 0 Å². The molecule has 1 heterocycles. The number of aromatic nitrogens is 2. The van der Waals surface area contributed by atoms with E-state index in [0.29, 0.717) is 0 Å². The van der Waals surface area contributed by atoms with Crippen LogP contribution in [0.5, 0.6) is 0 Å². The molecule has 76 valence electrons. The highest BCUT2D eigenvalue weighted by Gasteiger charge is 2.52. The van der Waals surface area contributed by atoms with Crippen molar-refractivity contribution >= 4 is 0 Å². The zero-order chi connectivity index (χ0) is 10.4. The van der Waals surface area contributed by atoms with Gasteiger partial charge in [0.25, 0.3) is 0 Å². The minimum atomic E-state index is -0.0618. The van der Waals surface area contributed by atoms with E-state index >= 15 is 0 Å². The quantitative estimate of drug-likeness (QED) is 0.771. The third-order valence-corrected chi connectivity index (χ3v) is 3.45. The fourth-order valence-electron chi connectivity index (χ4n) is 1.73. The highest BCUT2D eigenvalue weighted by molar-refractivity contribution is 5.25. The van der Waals surface area contributed by atoms with Gasteiger partial charge in [0.15, 0.2) is 0 Å². The summed E-state index contributed by atoms with van der Waals surface area (Å²) in [5.41, 5.74) is 8.06. The van der Waals surface area contributed by atoms with Crippen LogP contribution < -0.4 is 5.73 Å². The molecule has 0 radical (unpaired) electrons. The molecule has 1 aliphatic rings. The number of nitrogens with zero attached hydrogens (tertiary/aromatic N) is 2. The topological polar surface area (TPSA) is 51.8 Å². The standard InChI is InChI=1S/C11H17N3/c1-8-6-14-9(7-13-8)10(2,3)11(12)4-5-11/h6-7H,4-5,12H2,1-3H3. The smallest absolute Gasteiger partial charge is 0.0661 e. The molecule has 0 spiro atoms. The lowest BCUT2D eigenvalue weighted by Gasteiger charge is -2.30. The normalized spacial score (nSPS) is 19.4. The van der Waals surface area contributed by atoms with Gasteiger partial charge in [-0.3, -0.25) is 9.97 Å². The van der Waals surface area contributed by atoms with Gasteiger partial charge in [0.2, 0.25) is 0 Å². The molecule has 0 aliphatic heterocycles. The van der Waals surface area contributed by atoms with Crippen LogP contribution in [0, 0.1) is 6.92 Å². The molecule has 1 aromatic rings. The Morgan fingerprint density at radius 3 is 2.36 bits per heavy atom. The van der Waals surface area contributed by atoms with Crippen LogP contribution in [-0.2, 0) is 5.41 Å². The summed E-state index contributed by atoms with van der Waals surface area (Å²) in [6.07, 6.45) is 5.84. The van der Waals surface area contributed by atoms with Gasteiger partial charge in [0, 0.05) is 23.3 Å². The van der Waals surface area contributed by atoms with Crippen molar-refractivity contribution in [2.75, 3.05) is 0 Å². The van der Waals surface area contributed by atoms with Crippen molar-refractivity contribution in [3.8, 4) is 0 Å². The third kappa shape index (κ3) is 1.32. The number of hydrogen-bond donors (Lipinski definition) is 1. The minimum absolute atomic E-state index is 0.0586. The van der Waals surface area contributed by atoms with E-state index in [1.807, 2.05) is 19.3 Å². The second-order valence-electron chi connectivity index (χ2n) is 4.82. The second kappa shape index (κ2) is 2.76. The van der Waals surface area contributed by atoms with E-state index in [1.54, 1.807) is 0 Å². The summed E-state index contributed by atoms with van der Waals surface area (Å²) in [6, 6.07) is 0. The Morgan fingerprint density at radius 2 is 1.93 bits per heavy atom. The van der Waals surface area contributed by atoms with Gasteiger partial charge in [-0.1, -0.05) is 13.8 Å². The largest absolute Gasteiger partial charge is 0.324 e. The van der Waals surface area contributed by atoms with E-state index in [1.165, 1.54) is 0 Å². The molecule has 1 aliphatic carbocycles. The van der Waals surface area contributed by atoms with Crippen LogP contribution >= 0.6 is 0 Å². The van der Waals surface area contributed by atoms with Crippen LogP contribution in [0.2, 0.25) is 0 Å². The summed E-state index contributed by atoms with van der Waals surface area (Å²) in [5.74, 6) is 0. The molecule has 0 saturated heterocycles. The number of aryl methyl sites for hydroxylation is 1. The fraction of sp³-hybridized carbons (Fsp3) is 0.636. The van der Waals surface area contributed by atoms with Gasteiger partial charge in [-0.2, -0.15) is 0 Å². The lowest BCUT2D eigenvalue weighted by atomic mass is 9.79. The predicted molar refractivity (Wildman–Crippen MR) is 55.9 cm³/mol. The Balaban J connectivity index is 2.34. The van der Waals surface area contributed by atoms with E-state index in [0.717, 1.165) is 24.2 Å². The van der Waals surface area contributed by atoms with Crippen molar-refractivity contribution in [2.24, 2.45) is 5.73 Å². The van der Waals surface area contributed by atoms with Crippen molar-refractivity contribution in [2.45, 2.75) is 44.6 Å². The van der Waals surface area contributed by atoms with E-state index in [4.69, 9.17) is 5.73 Å². The first-order valence-corrected chi connectivity index (χ1v) is 5.04. The first-order valence-electron chi connectivity index (χ1n) is 5.04. The molecule has 0 amide bonds. The van der Waals surface area contributed by atoms with Gasteiger partial charge in [-0.15, -0.1) is 0 Å². The molecule has 3 nitrogen and oxygen atoms in total.